The summed E-state index contributed by atoms with van der Waals surface area (Å²) >= 11 is 1.42. The fraction of sp³-hybridized carbons (Fsp3) is 0.286. The van der Waals surface area contributed by atoms with Crippen LogP contribution in [0.2, 0.25) is 0 Å². The molecule has 106 valence electrons. The first-order valence-corrected chi connectivity index (χ1v) is 7.34. The topological polar surface area (TPSA) is 81.1 Å². The molecule has 0 saturated carbocycles. The number of hydrogen-bond acceptors (Lipinski definition) is 4. The van der Waals surface area contributed by atoms with Gasteiger partial charge >= 0.3 is 5.97 Å². The summed E-state index contributed by atoms with van der Waals surface area (Å²) < 4.78 is 1.49. The number of anilines is 1. The smallest absolute Gasteiger partial charge is 0.342 e. The standard InChI is InChI=1S/C14H17N3O2S/c1-3-7-20-13-11(14(18)19)12(15)17(16-13)10-6-4-5-9(2)8-10/h4-6,8H,3,7,15H2,1-2H3,(H,18,19). The van der Waals surface area contributed by atoms with Crippen LogP contribution in [0.25, 0.3) is 5.69 Å². The maximum absolute atomic E-state index is 11.4. The van der Waals surface area contributed by atoms with E-state index in [1.807, 2.05) is 38.1 Å². The number of nitrogens with zero attached hydrogens (tertiary/aromatic N) is 2. The van der Waals surface area contributed by atoms with Crippen molar-refractivity contribution in [3.63, 3.8) is 0 Å². The highest BCUT2D eigenvalue weighted by Gasteiger charge is 2.22. The fourth-order valence-corrected chi connectivity index (χ4v) is 2.74. The zero-order valence-corrected chi connectivity index (χ0v) is 12.3. The van der Waals surface area contributed by atoms with Crippen LogP contribution in [0.1, 0.15) is 29.3 Å². The SMILES string of the molecule is CCCSc1nn(-c2cccc(C)c2)c(N)c1C(=O)O. The van der Waals surface area contributed by atoms with E-state index in [0.717, 1.165) is 23.4 Å². The van der Waals surface area contributed by atoms with Gasteiger partial charge in [-0.1, -0.05) is 19.1 Å². The molecule has 1 aromatic heterocycles. The van der Waals surface area contributed by atoms with Gasteiger partial charge in [0.25, 0.3) is 0 Å². The minimum absolute atomic E-state index is 0.0879. The molecule has 0 amide bonds. The number of nitrogen functional groups attached to an aromatic ring is 1. The Morgan fingerprint density at radius 1 is 1.50 bits per heavy atom. The molecule has 3 N–H and O–H groups in total. The van der Waals surface area contributed by atoms with Gasteiger partial charge in [-0.3, -0.25) is 0 Å². The van der Waals surface area contributed by atoms with E-state index in [0.29, 0.717) is 5.03 Å². The Hall–Kier alpha value is -1.95. The lowest BCUT2D eigenvalue weighted by Crippen LogP contribution is -2.05. The third-order valence-electron chi connectivity index (χ3n) is 2.79. The van der Waals surface area contributed by atoms with Crippen LogP contribution in [-0.4, -0.2) is 26.6 Å². The zero-order chi connectivity index (χ0) is 14.7. The van der Waals surface area contributed by atoms with Gasteiger partial charge in [0.05, 0.1) is 5.69 Å². The normalized spacial score (nSPS) is 10.7. The molecule has 0 aliphatic rings. The highest BCUT2D eigenvalue weighted by atomic mass is 32.2. The second-order valence-electron chi connectivity index (χ2n) is 4.47. The molecule has 0 atom stereocenters. The van der Waals surface area contributed by atoms with Crippen molar-refractivity contribution in [3.05, 3.63) is 35.4 Å². The molecular formula is C14H17N3O2S. The van der Waals surface area contributed by atoms with Gasteiger partial charge < -0.3 is 10.8 Å². The zero-order valence-electron chi connectivity index (χ0n) is 11.5. The van der Waals surface area contributed by atoms with Crippen molar-refractivity contribution >= 4 is 23.5 Å². The summed E-state index contributed by atoms with van der Waals surface area (Å²) in [4.78, 5) is 11.4. The van der Waals surface area contributed by atoms with Gasteiger partial charge in [-0.2, -0.15) is 5.10 Å². The Bertz CT molecular complexity index is 637. The number of rotatable bonds is 5. The molecule has 0 aliphatic heterocycles. The average molecular weight is 291 g/mol. The Balaban J connectivity index is 2.52. The van der Waals surface area contributed by atoms with Crippen LogP contribution in [-0.2, 0) is 0 Å². The van der Waals surface area contributed by atoms with Crippen molar-refractivity contribution < 1.29 is 9.90 Å². The highest BCUT2D eigenvalue weighted by molar-refractivity contribution is 7.99. The Morgan fingerprint density at radius 3 is 2.85 bits per heavy atom. The van der Waals surface area contributed by atoms with Gasteiger partial charge in [-0.25, -0.2) is 9.48 Å². The van der Waals surface area contributed by atoms with Gasteiger partial charge in [0.15, 0.2) is 0 Å². The van der Waals surface area contributed by atoms with Crippen molar-refractivity contribution in [1.29, 1.82) is 0 Å². The summed E-state index contributed by atoms with van der Waals surface area (Å²) in [6.45, 7) is 4.00. The first-order valence-electron chi connectivity index (χ1n) is 6.36. The number of aromatic nitrogens is 2. The lowest BCUT2D eigenvalue weighted by atomic mass is 10.2. The van der Waals surface area contributed by atoms with Crippen LogP contribution < -0.4 is 5.73 Å². The van der Waals surface area contributed by atoms with Crippen molar-refractivity contribution in [2.24, 2.45) is 0 Å². The van der Waals surface area contributed by atoms with Crippen LogP contribution in [0.15, 0.2) is 29.3 Å². The van der Waals surface area contributed by atoms with Crippen LogP contribution in [0.4, 0.5) is 5.82 Å². The number of carboxylic acids is 1. The third kappa shape index (κ3) is 2.80. The van der Waals surface area contributed by atoms with E-state index < -0.39 is 5.97 Å². The molecule has 0 fully saturated rings. The lowest BCUT2D eigenvalue weighted by Gasteiger charge is -2.04. The third-order valence-corrected chi connectivity index (χ3v) is 3.96. The summed E-state index contributed by atoms with van der Waals surface area (Å²) in [7, 11) is 0. The molecule has 5 nitrogen and oxygen atoms in total. The molecule has 0 bridgehead atoms. The number of carbonyl (C=O) groups is 1. The van der Waals surface area contributed by atoms with Gasteiger partial charge in [0, 0.05) is 0 Å². The number of aryl methyl sites for hydroxylation is 1. The molecule has 0 radical (unpaired) electrons. The van der Waals surface area contributed by atoms with E-state index in [2.05, 4.69) is 5.10 Å². The summed E-state index contributed by atoms with van der Waals surface area (Å²) in [5.74, 6) is -0.0633. The number of thioether (sulfide) groups is 1. The summed E-state index contributed by atoms with van der Waals surface area (Å²) in [6, 6.07) is 7.64. The number of hydrogen-bond donors (Lipinski definition) is 2. The van der Waals surface area contributed by atoms with E-state index in [1.54, 1.807) is 0 Å². The van der Waals surface area contributed by atoms with Crippen molar-refractivity contribution in [2.75, 3.05) is 11.5 Å². The van der Waals surface area contributed by atoms with Crippen molar-refractivity contribution in [1.82, 2.24) is 9.78 Å². The number of aromatic carboxylic acids is 1. The largest absolute Gasteiger partial charge is 0.477 e. The van der Waals surface area contributed by atoms with E-state index in [9.17, 15) is 9.90 Å². The number of nitrogens with two attached hydrogens (primary N) is 1. The Kier molecular flexibility index (Phi) is 4.34. The van der Waals surface area contributed by atoms with E-state index in [4.69, 9.17) is 5.73 Å². The highest BCUT2D eigenvalue weighted by Crippen LogP contribution is 2.29. The fourth-order valence-electron chi connectivity index (χ4n) is 1.87. The molecular weight excluding hydrogens is 274 g/mol. The van der Waals surface area contributed by atoms with Gasteiger partial charge in [0.1, 0.15) is 16.4 Å². The van der Waals surface area contributed by atoms with Gasteiger partial charge in [0.2, 0.25) is 0 Å². The minimum Gasteiger partial charge on any atom is -0.477 e. The molecule has 0 saturated heterocycles. The van der Waals surface area contributed by atoms with Crippen LogP contribution in [0.3, 0.4) is 0 Å². The minimum atomic E-state index is -1.04. The first-order chi connectivity index (χ1) is 9.54. The molecule has 2 aromatic rings. The quantitative estimate of drug-likeness (QED) is 0.828. The van der Waals surface area contributed by atoms with Crippen molar-refractivity contribution in [3.8, 4) is 5.69 Å². The number of benzene rings is 1. The Labute approximate surface area is 121 Å². The molecule has 1 heterocycles. The lowest BCUT2D eigenvalue weighted by molar-refractivity contribution is 0.0694. The van der Waals surface area contributed by atoms with Crippen LogP contribution >= 0.6 is 11.8 Å². The second kappa shape index (κ2) is 6.00. The predicted octanol–water partition coefficient (Wildman–Crippen LogP) is 2.96. The molecule has 0 spiro atoms. The maximum Gasteiger partial charge on any atom is 0.342 e. The van der Waals surface area contributed by atoms with Gasteiger partial charge in [-0.05, 0) is 36.8 Å². The molecule has 1 aromatic carbocycles. The monoisotopic (exact) mass is 291 g/mol. The van der Waals surface area contributed by atoms with Crippen LogP contribution in [0.5, 0.6) is 0 Å². The molecule has 20 heavy (non-hydrogen) atoms. The summed E-state index contributed by atoms with van der Waals surface area (Å²) in [5, 5.41) is 14.1. The Morgan fingerprint density at radius 2 is 2.25 bits per heavy atom. The molecule has 0 unspecified atom stereocenters. The molecule has 6 heteroatoms. The van der Waals surface area contributed by atoms with Crippen LogP contribution in [0, 0.1) is 6.92 Å². The summed E-state index contributed by atoms with van der Waals surface area (Å²) in [5.41, 5.74) is 7.89. The van der Waals surface area contributed by atoms with E-state index in [-0.39, 0.29) is 11.4 Å². The van der Waals surface area contributed by atoms with E-state index >= 15 is 0 Å². The molecule has 2 rings (SSSR count). The van der Waals surface area contributed by atoms with E-state index in [1.165, 1.54) is 16.4 Å². The summed E-state index contributed by atoms with van der Waals surface area (Å²) in [6.07, 6.45) is 0.945. The average Bonchev–Trinajstić information content (AvgIpc) is 2.73. The maximum atomic E-state index is 11.4. The number of carboxylic acid groups (broad SMARTS) is 1. The second-order valence-corrected chi connectivity index (χ2v) is 5.55. The van der Waals surface area contributed by atoms with Gasteiger partial charge in [-0.15, -0.1) is 11.8 Å². The predicted molar refractivity (Wildman–Crippen MR) is 80.7 cm³/mol. The van der Waals surface area contributed by atoms with Crippen molar-refractivity contribution in [2.45, 2.75) is 25.3 Å². The first kappa shape index (κ1) is 14.5. The molecule has 0 aliphatic carbocycles.